The molecule has 2 heterocycles. The molecule has 1 aromatic rings. The lowest BCUT2D eigenvalue weighted by Crippen LogP contribution is -2.33. The Balaban J connectivity index is 1.95. The van der Waals surface area contributed by atoms with Crippen LogP contribution in [0, 0.1) is 11.3 Å². The Kier molecular flexibility index (Phi) is 3.77. The number of hydrogen-bond acceptors (Lipinski definition) is 5. The molecule has 2 N–H and O–H groups in total. The van der Waals surface area contributed by atoms with Crippen molar-refractivity contribution in [3.05, 3.63) is 39.4 Å². The summed E-state index contributed by atoms with van der Waals surface area (Å²) in [5.41, 5.74) is 2.82. The van der Waals surface area contributed by atoms with Crippen molar-refractivity contribution in [3.8, 4) is 11.8 Å². The van der Waals surface area contributed by atoms with E-state index >= 15 is 0 Å². The third-order valence-corrected chi connectivity index (χ3v) is 5.45. The molecular weight excluding hydrogens is 312 g/mol. The third kappa shape index (κ3) is 2.89. The Bertz CT molecular complexity index is 762. The lowest BCUT2D eigenvalue weighted by atomic mass is 9.91. The SMILES string of the molecule is CC1=C(C(=O)O)SC(c2cc(C#N)c3c(c2)CCC(C)(C)O3)N1. The van der Waals surface area contributed by atoms with Gasteiger partial charge in [-0.25, -0.2) is 4.79 Å². The lowest BCUT2D eigenvalue weighted by Gasteiger charge is -2.33. The van der Waals surface area contributed by atoms with Crippen molar-refractivity contribution >= 4 is 17.7 Å². The number of thioether (sulfide) groups is 1. The zero-order chi connectivity index (χ0) is 16.8. The molecule has 23 heavy (non-hydrogen) atoms. The maximum atomic E-state index is 11.2. The summed E-state index contributed by atoms with van der Waals surface area (Å²) in [7, 11) is 0. The van der Waals surface area contributed by atoms with E-state index in [-0.39, 0.29) is 11.0 Å². The van der Waals surface area contributed by atoms with Crippen molar-refractivity contribution < 1.29 is 14.6 Å². The van der Waals surface area contributed by atoms with E-state index in [0.29, 0.717) is 21.9 Å². The molecule has 120 valence electrons. The molecular formula is C17H18N2O3S. The summed E-state index contributed by atoms with van der Waals surface area (Å²) < 4.78 is 5.99. The fourth-order valence-electron chi connectivity index (χ4n) is 2.88. The Morgan fingerprint density at radius 2 is 2.26 bits per heavy atom. The maximum Gasteiger partial charge on any atom is 0.344 e. The van der Waals surface area contributed by atoms with E-state index in [2.05, 4.69) is 11.4 Å². The number of carboxylic acids is 1. The molecule has 0 fully saturated rings. The summed E-state index contributed by atoms with van der Waals surface area (Å²) in [4.78, 5) is 11.5. The zero-order valence-electron chi connectivity index (χ0n) is 13.3. The van der Waals surface area contributed by atoms with Crippen molar-refractivity contribution in [3.63, 3.8) is 0 Å². The average Bonchev–Trinajstić information content (AvgIpc) is 2.87. The van der Waals surface area contributed by atoms with Crippen LogP contribution in [0.3, 0.4) is 0 Å². The summed E-state index contributed by atoms with van der Waals surface area (Å²) in [5, 5.41) is 21.7. The summed E-state index contributed by atoms with van der Waals surface area (Å²) in [5.74, 6) is -0.260. The predicted molar refractivity (Wildman–Crippen MR) is 88.0 cm³/mol. The molecule has 0 amide bonds. The van der Waals surface area contributed by atoms with Crippen LogP contribution in [0.5, 0.6) is 5.75 Å². The number of nitriles is 1. The van der Waals surface area contributed by atoms with Gasteiger partial charge in [-0.3, -0.25) is 0 Å². The number of carboxylic acid groups (broad SMARTS) is 1. The van der Waals surface area contributed by atoms with E-state index in [1.54, 1.807) is 13.0 Å². The normalized spacial score (nSPS) is 21.9. The number of hydrogen-bond donors (Lipinski definition) is 2. The first-order valence-electron chi connectivity index (χ1n) is 7.44. The molecule has 0 aliphatic carbocycles. The molecule has 6 heteroatoms. The number of fused-ring (bicyclic) bond motifs is 1. The van der Waals surface area contributed by atoms with Crippen LogP contribution in [0.1, 0.15) is 49.3 Å². The third-order valence-electron chi connectivity index (χ3n) is 4.10. The number of allylic oxidation sites excluding steroid dienone is 1. The zero-order valence-corrected chi connectivity index (χ0v) is 14.1. The van der Waals surface area contributed by atoms with Crippen LogP contribution in [-0.2, 0) is 11.2 Å². The second-order valence-corrected chi connectivity index (χ2v) is 7.55. The van der Waals surface area contributed by atoms with E-state index in [1.165, 1.54) is 11.8 Å². The highest BCUT2D eigenvalue weighted by molar-refractivity contribution is 8.04. The Labute approximate surface area is 139 Å². The minimum atomic E-state index is -0.925. The number of aliphatic carboxylic acids is 1. The predicted octanol–water partition coefficient (Wildman–Crippen LogP) is 3.31. The molecule has 1 aromatic carbocycles. The average molecular weight is 330 g/mol. The number of nitrogens with zero attached hydrogens (tertiary/aromatic N) is 1. The van der Waals surface area contributed by atoms with Gasteiger partial charge in [0, 0.05) is 5.70 Å². The monoisotopic (exact) mass is 330 g/mol. The quantitative estimate of drug-likeness (QED) is 0.865. The lowest BCUT2D eigenvalue weighted by molar-refractivity contribution is -0.131. The van der Waals surface area contributed by atoms with Gasteiger partial charge in [0.15, 0.2) is 0 Å². The largest absolute Gasteiger partial charge is 0.486 e. The molecule has 0 saturated carbocycles. The van der Waals surface area contributed by atoms with Crippen LogP contribution in [-0.4, -0.2) is 16.7 Å². The van der Waals surface area contributed by atoms with Crippen LogP contribution in [0.15, 0.2) is 22.7 Å². The summed E-state index contributed by atoms with van der Waals surface area (Å²) in [6, 6.07) is 6.03. The Morgan fingerprint density at radius 3 is 2.87 bits per heavy atom. The highest BCUT2D eigenvalue weighted by Crippen LogP contribution is 2.43. The van der Waals surface area contributed by atoms with Gasteiger partial charge in [-0.2, -0.15) is 5.26 Å². The first kappa shape index (κ1) is 15.8. The molecule has 2 aliphatic rings. The van der Waals surface area contributed by atoms with Gasteiger partial charge in [0.2, 0.25) is 0 Å². The van der Waals surface area contributed by atoms with Gasteiger partial charge in [-0.1, -0.05) is 11.8 Å². The molecule has 5 nitrogen and oxygen atoms in total. The smallest absolute Gasteiger partial charge is 0.344 e. The van der Waals surface area contributed by atoms with Gasteiger partial charge in [-0.15, -0.1) is 0 Å². The summed E-state index contributed by atoms with van der Waals surface area (Å²) in [6.07, 6.45) is 1.73. The van der Waals surface area contributed by atoms with Gasteiger partial charge in [0.1, 0.15) is 27.7 Å². The van der Waals surface area contributed by atoms with E-state index in [4.69, 9.17) is 4.74 Å². The van der Waals surface area contributed by atoms with E-state index in [9.17, 15) is 15.2 Å². The van der Waals surface area contributed by atoms with Gasteiger partial charge in [0.05, 0.1) is 5.56 Å². The molecule has 0 radical (unpaired) electrons. The van der Waals surface area contributed by atoms with Gasteiger partial charge in [-0.05, 0) is 56.9 Å². The molecule has 0 spiro atoms. The number of ether oxygens (including phenoxy) is 1. The Morgan fingerprint density at radius 1 is 1.52 bits per heavy atom. The van der Waals surface area contributed by atoms with Gasteiger partial charge >= 0.3 is 5.97 Å². The van der Waals surface area contributed by atoms with Crippen molar-refractivity contribution in [2.24, 2.45) is 0 Å². The van der Waals surface area contributed by atoms with Gasteiger partial charge < -0.3 is 15.2 Å². The molecule has 3 rings (SSSR count). The number of carbonyl (C=O) groups is 1. The molecule has 0 saturated heterocycles. The van der Waals surface area contributed by atoms with Crippen molar-refractivity contribution in [2.75, 3.05) is 0 Å². The van der Waals surface area contributed by atoms with Crippen molar-refractivity contribution in [2.45, 2.75) is 44.6 Å². The summed E-state index contributed by atoms with van der Waals surface area (Å²) in [6.45, 7) is 5.79. The fraction of sp³-hybridized carbons (Fsp3) is 0.412. The first-order chi connectivity index (χ1) is 10.8. The molecule has 1 atom stereocenters. The maximum absolute atomic E-state index is 11.2. The molecule has 0 aromatic heterocycles. The van der Waals surface area contributed by atoms with Crippen molar-refractivity contribution in [1.82, 2.24) is 5.32 Å². The van der Waals surface area contributed by atoms with Crippen LogP contribution < -0.4 is 10.1 Å². The summed E-state index contributed by atoms with van der Waals surface area (Å²) >= 11 is 1.27. The topological polar surface area (TPSA) is 82.3 Å². The fourth-order valence-corrected chi connectivity index (χ4v) is 3.96. The standard InChI is InChI=1S/C17H18N2O3S/c1-9-14(16(20)21)23-15(19-9)11-6-10-4-5-17(2,3)22-13(10)12(7-11)8-18/h6-7,15,19H,4-5H2,1-3H3,(H,20,21). The second kappa shape index (κ2) is 5.50. The Hall–Kier alpha value is -2.13. The first-order valence-corrected chi connectivity index (χ1v) is 8.32. The minimum absolute atomic E-state index is 0.187. The number of benzene rings is 1. The van der Waals surface area contributed by atoms with Crippen molar-refractivity contribution in [1.29, 1.82) is 5.26 Å². The molecule has 1 unspecified atom stereocenters. The van der Waals surface area contributed by atoms with Crippen LogP contribution in [0.4, 0.5) is 0 Å². The van der Waals surface area contributed by atoms with Crippen LogP contribution in [0.25, 0.3) is 0 Å². The van der Waals surface area contributed by atoms with Crippen LogP contribution >= 0.6 is 11.8 Å². The molecule has 2 aliphatic heterocycles. The van der Waals surface area contributed by atoms with Crippen LogP contribution in [0.2, 0.25) is 0 Å². The molecule has 0 bridgehead atoms. The minimum Gasteiger partial charge on any atom is -0.486 e. The highest BCUT2D eigenvalue weighted by atomic mass is 32.2. The highest BCUT2D eigenvalue weighted by Gasteiger charge is 2.32. The van der Waals surface area contributed by atoms with E-state index in [1.807, 2.05) is 19.9 Å². The van der Waals surface area contributed by atoms with Gasteiger partial charge in [0.25, 0.3) is 0 Å². The number of nitrogens with one attached hydrogen (secondary N) is 1. The number of rotatable bonds is 2. The number of aryl methyl sites for hydroxylation is 1. The second-order valence-electron chi connectivity index (χ2n) is 6.43. The van der Waals surface area contributed by atoms with E-state index in [0.717, 1.165) is 24.0 Å². The van der Waals surface area contributed by atoms with E-state index < -0.39 is 5.97 Å².